The van der Waals surface area contributed by atoms with Gasteiger partial charge in [0.25, 0.3) is 0 Å². The Bertz CT molecular complexity index is 831. The molecule has 126 valence electrons. The normalized spacial score (nSPS) is 13.2. The maximum atomic E-state index is 12.7. The van der Waals surface area contributed by atoms with Crippen LogP contribution in [0.5, 0.6) is 0 Å². The standard InChI is InChI=1S/C14H12F3N5OS/c1-8(24-13-21-20-12(22(13)2)14(15,16)17)10-18-19-11(23-10)9-6-4-3-5-7-9/h3-8H,1-2H3/t8-/m0/s1. The molecule has 0 amide bonds. The zero-order valence-corrected chi connectivity index (χ0v) is 13.5. The van der Waals surface area contributed by atoms with E-state index in [0.29, 0.717) is 11.8 Å². The third-order valence-corrected chi connectivity index (χ3v) is 4.30. The molecule has 0 aliphatic carbocycles. The van der Waals surface area contributed by atoms with Crippen LogP contribution >= 0.6 is 11.8 Å². The molecule has 0 fully saturated rings. The first-order chi connectivity index (χ1) is 11.4. The van der Waals surface area contributed by atoms with Crippen molar-refractivity contribution >= 4 is 11.8 Å². The molecule has 3 aromatic rings. The van der Waals surface area contributed by atoms with E-state index < -0.39 is 12.0 Å². The minimum atomic E-state index is -4.55. The average Bonchev–Trinajstić information content (AvgIpc) is 3.15. The van der Waals surface area contributed by atoms with Crippen LogP contribution in [0.1, 0.15) is 23.9 Å². The van der Waals surface area contributed by atoms with Crippen molar-refractivity contribution in [1.82, 2.24) is 25.0 Å². The van der Waals surface area contributed by atoms with Gasteiger partial charge in [0.15, 0.2) is 5.16 Å². The third-order valence-electron chi connectivity index (χ3n) is 3.18. The van der Waals surface area contributed by atoms with E-state index in [4.69, 9.17) is 4.42 Å². The molecule has 24 heavy (non-hydrogen) atoms. The second-order valence-electron chi connectivity index (χ2n) is 4.93. The summed E-state index contributed by atoms with van der Waals surface area (Å²) in [5.41, 5.74) is 0.770. The van der Waals surface area contributed by atoms with Gasteiger partial charge in [-0.25, -0.2) is 0 Å². The van der Waals surface area contributed by atoms with Crippen molar-refractivity contribution in [2.24, 2.45) is 7.05 Å². The van der Waals surface area contributed by atoms with Crippen molar-refractivity contribution < 1.29 is 17.6 Å². The highest BCUT2D eigenvalue weighted by molar-refractivity contribution is 7.99. The van der Waals surface area contributed by atoms with Gasteiger partial charge in [-0.3, -0.25) is 0 Å². The van der Waals surface area contributed by atoms with E-state index in [1.807, 2.05) is 30.3 Å². The summed E-state index contributed by atoms with van der Waals surface area (Å²) >= 11 is 1.06. The summed E-state index contributed by atoms with van der Waals surface area (Å²) in [4.78, 5) is 0. The number of rotatable bonds is 4. The lowest BCUT2D eigenvalue weighted by atomic mass is 10.2. The predicted molar refractivity (Wildman–Crippen MR) is 80.0 cm³/mol. The van der Waals surface area contributed by atoms with Crippen molar-refractivity contribution in [2.45, 2.75) is 23.5 Å². The Labute approximate surface area is 139 Å². The van der Waals surface area contributed by atoms with E-state index in [1.165, 1.54) is 7.05 Å². The monoisotopic (exact) mass is 355 g/mol. The number of alkyl halides is 3. The number of nitrogens with zero attached hydrogens (tertiary/aromatic N) is 5. The van der Waals surface area contributed by atoms with E-state index in [2.05, 4.69) is 20.4 Å². The highest BCUT2D eigenvalue weighted by Crippen LogP contribution is 2.36. The molecule has 0 aliphatic heterocycles. The number of hydrogen-bond donors (Lipinski definition) is 0. The first-order valence-electron chi connectivity index (χ1n) is 6.88. The van der Waals surface area contributed by atoms with Gasteiger partial charge in [-0.1, -0.05) is 30.0 Å². The number of hydrogen-bond acceptors (Lipinski definition) is 6. The molecule has 0 N–H and O–H groups in total. The van der Waals surface area contributed by atoms with E-state index in [-0.39, 0.29) is 10.4 Å². The fourth-order valence-corrected chi connectivity index (χ4v) is 2.81. The van der Waals surface area contributed by atoms with E-state index in [0.717, 1.165) is 21.9 Å². The van der Waals surface area contributed by atoms with Crippen LogP contribution in [0.4, 0.5) is 13.2 Å². The topological polar surface area (TPSA) is 69.6 Å². The molecule has 0 aliphatic rings. The summed E-state index contributed by atoms with van der Waals surface area (Å²) in [6, 6.07) is 9.21. The first kappa shape index (κ1) is 16.5. The van der Waals surface area contributed by atoms with Crippen LogP contribution in [0.2, 0.25) is 0 Å². The molecule has 3 rings (SSSR count). The fourth-order valence-electron chi connectivity index (χ4n) is 1.97. The SMILES string of the molecule is C[C@H](Sc1nnc(C(F)(F)F)n1C)c1nnc(-c2ccccc2)o1. The molecule has 1 aromatic carbocycles. The number of benzene rings is 1. The first-order valence-corrected chi connectivity index (χ1v) is 7.76. The summed E-state index contributed by atoms with van der Waals surface area (Å²) in [6.45, 7) is 1.74. The highest BCUT2D eigenvalue weighted by Gasteiger charge is 2.37. The minimum absolute atomic E-state index is 0.120. The van der Waals surface area contributed by atoms with Gasteiger partial charge in [-0.15, -0.1) is 20.4 Å². The largest absolute Gasteiger partial charge is 0.451 e. The van der Waals surface area contributed by atoms with Crippen LogP contribution in [0.15, 0.2) is 39.9 Å². The molecular weight excluding hydrogens is 343 g/mol. The van der Waals surface area contributed by atoms with Crippen molar-refractivity contribution in [3.05, 3.63) is 42.0 Å². The van der Waals surface area contributed by atoms with Gasteiger partial charge in [0.2, 0.25) is 17.6 Å². The Morgan fingerprint density at radius 1 is 1.08 bits per heavy atom. The third kappa shape index (κ3) is 3.28. The molecule has 0 bridgehead atoms. The molecule has 0 unspecified atom stereocenters. The second kappa shape index (κ2) is 6.27. The fraction of sp³-hybridized carbons (Fsp3) is 0.286. The quantitative estimate of drug-likeness (QED) is 0.664. The molecule has 0 radical (unpaired) electrons. The van der Waals surface area contributed by atoms with Crippen molar-refractivity contribution in [3.8, 4) is 11.5 Å². The lowest BCUT2D eigenvalue weighted by Gasteiger charge is -2.08. The number of thioether (sulfide) groups is 1. The van der Waals surface area contributed by atoms with E-state index in [1.54, 1.807) is 6.92 Å². The van der Waals surface area contributed by atoms with Crippen LogP contribution in [0.3, 0.4) is 0 Å². The van der Waals surface area contributed by atoms with Gasteiger partial charge in [-0.05, 0) is 19.1 Å². The molecule has 1 atom stereocenters. The van der Waals surface area contributed by atoms with E-state index >= 15 is 0 Å². The molecular formula is C14H12F3N5OS. The van der Waals surface area contributed by atoms with Crippen LogP contribution in [0.25, 0.3) is 11.5 Å². The lowest BCUT2D eigenvalue weighted by molar-refractivity contribution is -0.147. The summed E-state index contributed by atoms with van der Waals surface area (Å²) in [7, 11) is 1.26. The summed E-state index contributed by atoms with van der Waals surface area (Å²) in [5, 5.41) is 14.4. The van der Waals surface area contributed by atoms with Gasteiger partial charge in [0, 0.05) is 12.6 Å². The van der Waals surface area contributed by atoms with Crippen molar-refractivity contribution in [1.29, 1.82) is 0 Å². The maximum absolute atomic E-state index is 12.7. The second-order valence-corrected chi connectivity index (χ2v) is 6.24. The molecule has 0 spiro atoms. The van der Waals surface area contributed by atoms with Gasteiger partial charge in [-0.2, -0.15) is 13.2 Å². The summed E-state index contributed by atoms with van der Waals surface area (Å²) < 4.78 is 44.7. The van der Waals surface area contributed by atoms with Crippen LogP contribution in [-0.2, 0) is 13.2 Å². The Hall–Kier alpha value is -2.36. The Balaban J connectivity index is 1.78. The Kier molecular flexibility index (Phi) is 4.31. The van der Waals surface area contributed by atoms with Gasteiger partial charge in [0.1, 0.15) is 0 Å². The van der Waals surface area contributed by atoms with Gasteiger partial charge < -0.3 is 8.98 Å². The van der Waals surface area contributed by atoms with Gasteiger partial charge in [0.05, 0.1) is 5.25 Å². The van der Waals surface area contributed by atoms with Crippen LogP contribution < -0.4 is 0 Å². The maximum Gasteiger partial charge on any atom is 0.451 e. The Morgan fingerprint density at radius 2 is 1.79 bits per heavy atom. The zero-order chi connectivity index (χ0) is 17.3. The van der Waals surface area contributed by atoms with Crippen LogP contribution in [-0.4, -0.2) is 25.0 Å². The zero-order valence-electron chi connectivity index (χ0n) is 12.7. The molecule has 2 heterocycles. The molecule has 0 saturated heterocycles. The number of halogens is 3. The molecule has 10 heteroatoms. The summed E-state index contributed by atoms with van der Waals surface area (Å²) in [5.74, 6) is -0.393. The predicted octanol–water partition coefficient (Wildman–Crippen LogP) is 3.74. The number of aromatic nitrogens is 5. The molecule has 6 nitrogen and oxygen atoms in total. The molecule has 0 saturated carbocycles. The summed E-state index contributed by atoms with van der Waals surface area (Å²) in [6.07, 6.45) is -4.55. The average molecular weight is 355 g/mol. The Morgan fingerprint density at radius 3 is 2.42 bits per heavy atom. The van der Waals surface area contributed by atoms with E-state index in [9.17, 15) is 13.2 Å². The van der Waals surface area contributed by atoms with Crippen LogP contribution in [0, 0.1) is 0 Å². The highest BCUT2D eigenvalue weighted by atomic mass is 32.2. The smallest absolute Gasteiger partial charge is 0.419 e. The van der Waals surface area contributed by atoms with Gasteiger partial charge >= 0.3 is 6.18 Å². The van der Waals surface area contributed by atoms with Crippen molar-refractivity contribution in [3.63, 3.8) is 0 Å². The molecule has 2 aromatic heterocycles. The lowest BCUT2D eigenvalue weighted by Crippen LogP contribution is -2.13. The van der Waals surface area contributed by atoms with Crippen molar-refractivity contribution in [2.75, 3.05) is 0 Å². The minimum Gasteiger partial charge on any atom is -0.419 e.